The third-order valence-electron chi connectivity index (χ3n) is 2.25. The number of carbonyl (C=O) groups excluding carboxylic acids is 1. The second-order valence-electron chi connectivity index (χ2n) is 3.61. The van der Waals surface area contributed by atoms with Gasteiger partial charge in [-0.25, -0.2) is 0 Å². The number of Topliss-reactive ketones (excluding diaryl/α,β-unsaturated/α-hetero) is 1. The van der Waals surface area contributed by atoms with E-state index in [2.05, 4.69) is 13.2 Å². The van der Waals surface area contributed by atoms with Crippen molar-refractivity contribution < 1.29 is 4.79 Å². The second-order valence-corrected chi connectivity index (χ2v) is 3.61. The Morgan fingerprint density at radius 3 is 2.67 bits per heavy atom. The van der Waals surface area contributed by atoms with Gasteiger partial charge in [0.2, 0.25) is 0 Å². The van der Waals surface area contributed by atoms with Gasteiger partial charge in [-0.1, -0.05) is 36.4 Å². The molecule has 1 rings (SSSR count). The number of rotatable bonds is 5. The van der Waals surface area contributed by atoms with Crippen LogP contribution in [0.2, 0.25) is 0 Å². The zero-order valence-corrected chi connectivity index (χ0v) is 9.12. The van der Waals surface area contributed by atoms with Gasteiger partial charge < -0.3 is 0 Å². The first kappa shape index (κ1) is 11.4. The highest BCUT2D eigenvalue weighted by molar-refractivity contribution is 5.96. The molecular weight excluding hydrogens is 184 g/mol. The highest BCUT2D eigenvalue weighted by Gasteiger charge is 2.05. The monoisotopic (exact) mass is 200 g/mol. The van der Waals surface area contributed by atoms with Crippen molar-refractivity contribution in [2.75, 3.05) is 0 Å². The van der Waals surface area contributed by atoms with Crippen LogP contribution in [0.4, 0.5) is 0 Å². The summed E-state index contributed by atoms with van der Waals surface area (Å²) in [6.45, 7) is 9.40. The molecule has 78 valence electrons. The van der Waals surface area contributed by atoms with Gasteiger partial charge in [-0.15, -0.1) is 6.58 Å². The van der Waals surface area contributed by atoms with Crippen molar-refractivity contribution in [2.24, 2.45) is 0 Å². The van der Waals surface area contributed by atoms with Crippen LogP contribution < -0.4 is 0 Å². The molecule has 0 unspecified atom stereocenters. The lowest BCUT2D eigenvalue weighted by molar-refractivity contribution is 0.0983. The quantitative estimate of drug-likeness (QED) is 0.521. The Morgan fingerprint density at radius 2 is 2.07 bits per heavy atom. The van der Waals surface area contributed by atoms with Crippen LogP contribution in [0.1, 0.15) is 35.7 Å². The van der Waals surface area contributed by atoms with Crippen molar-refractivity contribution in [3.63, 3.8) is 0 Å². The van der Waals surface area contributed by atoms with Crippen molar-refractivity contribution in [3.05, 3.63) is 54.6 Å². The molecule has 1 heteroatoms. The fraction of sp³-hybridized carbons (Fsp3) is 0.214. The molecule has 0 spiro atoms. The van der Waals surface area contributed by atoms with Gasteiger partial charge in [0.05, 0.1) is 0 Å². The van der Waals surface area contributed by atoms with Crippen LogP contribution in [0.5, 0.6) is 0 Å². The Kier molecular flexibility index (Phi) is 4.04. The van der Waals surface area contributed by atoms with Crippen LogP contribution in [0.25, 0.3) is 5.57 Å². The van der Waals surface area contributed by atoms with Gasteiger partial charge in [0.15, 0.2) is 5.78 Å². The number of allylic oxidation sites excluding steroid dienone is 2. The van der Waals surface area contributed by atoms with Crippen molar-refractivity contribution in [3.8, 4) is 0 Å². The molecule has 1 nitrogen and oxygen atoms in total. The first-order chi connectivity index (χ1) is 7.15. The highest BCUT2D eigenvalue weighted by Crippen LogP contribution is 2.15. The predicted octanol–water partition coefficient (Wildman–Crippen LogP) is 3.87. The summed E-state index contributed by atoms with van der Waals surface area (Å²) in [6, 6.07) is 7.60. The van der Waals surface area contributed by atoms with Gasteiger partial charge in [-0.2, -0.15) is 0 Å². The molecule has 0 saturated carbocycles. The van der Waals surface area contributed by atoms with E-state index >= 15 is 0 Å². The smallest absolute Gasteiger partial charge is 0.163 e. The molecule has 0 fully saturated rings. The molecule has 0 aromatic heterocycles. The van der Waals surface area contributed by atoms with Crippen molar-refractivity contribution in [1.82, 2.24) is 0 Å². The zero-order valence-electron chi connectivity index (χ0n) is 9.12. The standard InChI is InChI=1S/C14H16O/c1-4-5-9-14(15)13-8-6-7-12(10-13)11(2)3/h4,6-8,10H,1-2,5,9H2,3H3. The summed E-state index contributed by atoms with van der Waals surface area (Å²) >= 11 is 0. The Morgan fingerprint density at radius 1 is 1.40 bits per heavy atom. The van der Waals surface area contributed by atoms with Crippen molar-refractivity contribution >= 4 is 11.4 Å². The summed E-state index contributed by atoms with van der Waals surface area (Å²) in [6.07, 6.45) is 3.03. The van der Waals surface area contributed by atoms with Crippen LogP contribution in [0.3, 0.4) is 0 Å². The number of hydrogen-bond donors (Lipinski definition) is 0. The largest absolute Gasteiger partial charge is 0.294 e. The molecule has 0 saturated heterocycles. The van der Waals surface area contributed by atoms with Crippen molar-refractivity contribution in [2.45, 2.75) is 19.8 Å². The highest BCUT2D eigenvalue weighted by atomic mass is 16.1. The minimum atomic E-state index is 0.165. The molecule has 0 amide bonds. The summed E-state index contributed by atoms with van der Waals surface area (Å²) in [5.74, 6) is 0.165. The van der Waals surface area contributed by atoms with Crippen LogP contribution >= 0.6 is 0 Å². The maximum Gasteiger partial charge on any atom is 0.163 e. The Hall–Kier alpha value is -1.63. The molecular formula is C14H16O. The number of hydrogen-bond acceptors (Lipinski definition) is 1. The first-order valence-electron chi connectivity index (χ1n) is 5.05. The van der Waals surface area contributed by atoms with E-state index in [0.29, 0.717) is 6.42 Å². The van der Waals surface area contributed by atoms with E-state index in [1.807, 2.05) is 31.2 Å². The average Bonchev–Trinajstić information content (AvgIpc) is 2.26. The number of ketones is 1. The SMILES string of the molecule is C=CCCC(=O)c1cccc(C(=C)C)c1. The predicted molar refractivity (Wildman–Crippen MR) is 64.9 cm³/mol. The minimum absolute atomic E-state index is 0.165. The number of benzene rings is 1. The first-order valence-corrected chi connectivity index (χ1v) is 5.05. The van der Waals surface area contributed by atoms with Gasteiger partial charge in [-0.05, 0) is 25.0 Å². The van der Waals surface area contributed by atoms with E-state index in [-0.39, 0.29) is 5.78 Å². The lowest BCUT2D eigenvalue weighted by atomic mass is 10.0. The van der Waals surface area contributed by atoms with Crippen molar-refractivity contribution in [1.29, 1.82) is 0 Å². The van der Waals surface area contributed by atoms with Gasteiger partial charge in [0.25, 0.3) is 0 Å². The van der Waals surface area contributed by atoms with Crippen LogP contribution in [0.15, 0.2) is 43.5 Å². The van der Waals surface area contributed by atoms with E-state index in [4.69, 9.17) is 0 Å². The Bertz CT molecular complexity index is 388. The van der Waals surface area contributed by atoms with E-state index in [1.165, 1.54) is 0 Å². The van der Waals surface area contributed by atoms with Gasteiger partial charge in [0.1, 0.15) is 0 Å². The molecule has 0 aliphatic heterocycles. The van der Waals surface area contributed by atoms with Crippen LogP contribution in [-0.2, 0) is 0 Å². The number of carbonyl (C=O) groups is 1. The molecule has 1 aromatic carbocycles. The van der Waals surface area contributed by atoms with Gasteiger partial charge in [0, 0.05) is 12.0 Å². The van der Waals surface area contributed by atoms with Crippen LogP contribution in [-0.4, -0.2) is 5.78 Å². The molecule has 0 radical (unpaired) electrons. The van der Waals surface area contributed by atoms with E-state index in [0.717, 1.165) is 23.1 Å². The molecule has 0 N–H and O–H groups in total. The molecule has 15 heavy (non-hydrogen) atoms. The van der Waals surface area contributed by atoms with Crippen LogP contribution in [0, 0.1) is 0 Å². The second kappa shape index (κ2) is 5.30. The Balaban J connectivity index is 2.85. The fourth-order valence-electron chi connectivity index (χ4n) is 1.34. The summed E-state index contributed by atoms with van der Waals surface area (Å²) in [4.78, 5) is 11.7. The molecule has 0 atom stereocenters. The third kappa shape index (κ3) is 3.21. The maximum atomic E-state index is 11.7. The van der Waals surface area contributed by atoms with E-state index < -0.39 is 0 Å². The summed E-state index contributed by atoms with van der Waals surface area (Å²) < 4.78 is 0. The van der Waals surface area contributed by atoms with E-state index in [1.54, 1.807) is 6.08 Å². The lowest BCUT2D eigenvalue weighted by Crippen LogP contribution is -1.98. The zero-order chi connectivity index (χ0) is 11.3. The fourth-order valence-corrected chi connectivity index (χ4v) is 1.34. The molecule has 1 aromatic rings. The normalized spacial score (nSPS) is 9.67. The summed E-state index contributed by atoms with van der Waals surface area (Å²) in [5, 5.41) is 0. The molecule has 0 heterocycles. The maximum absolute atomic E-state index is 11.7. The summed E-state index contributed by atoms with van der Waals surface area (Å²) in [7, 11) is 0. The molecule has 0 aliphatic carbocycles. The van der Waals surface area contributed by atoms with E-state index in [9.17, 15) is 4.79 Å². The Labute approximate surface area is 91.1 Å². The van der Waals surface area contributed by atoms with Gasteiger partial charge >= 0.3 is 0 Å². The molecule has 0 bridgehead atoms. The third-order valence-corrected chi connectivity index (χ3v) is 2.25. The van der Waals surface area contributed by atoms with Gasteiger partial charge in [-0.3, -0.25) is 4.79 Å². The minimum Gasteiger partial charge on any atom is -0.294 e. The topological polar surface area (TPSA) is 17.1 Å². The summed E-state index contributed by atoms with van der Waals surface area (Å²) in [5.41, 5.74) is 2.77. The lowest BCUT2D eigenvalue weighted by Gasteiger charge is -2.03. The molecule has 0 aliphatic rings. The average molecular weight is 200 g/mol.